The second kappa shape index (κ2) is 6.39. The number of benzene rings is 1. The van der Waals surface area contributed by atoms with E-state index < -0.39 is 0 Å². The molecule has 0 bridgehead atoms. The van der Waals surface area contributed by atoms with Crippen LogP contribution in [0.4, 0.5) is 4.39 Å². The molecule has 0 radical (unpaired) electrons. The lowest BCUT2D eigenvalue weighted by Gasteiger charge is -2.15. The van der Waals surface area contributed by atoms with Crippen molar-refractivity contribution in [1.29, 1.82) is 0 Å². The molecule has 1 aromatic heterocycles. The van der Waals surface area contributed by atoms with Gasteiger partial charge in [-0.2, -0.15) is 5.10 Å². The second-order valence-corrected chi connectivity index (χ2v) is 5.56. The number of nitrogens with one attached hydrogen (secondary N) is 1. The zero-order valence-corrected chi connectivity index (χ0v) is 13.5. The topological polar surface area (TPSA) is 29.9 Å². The lowest BCUT2D eigenvalue weighted by atomic mass is 10.0. The van der Waals surface area contributed by atoms with Gasteiger partial charge < -0.3 is 5.32 Å². The summed E-state index contributed by atoms with van der Waals surface area (Å²) in [6, 6.07) is 5.23. The van der Waals surface area contributed by atoms with Crippen LogP contribution in [-0.4, -0.2) is 16.8 Å². The minimum Gasteiger partial charge on any atom is -0.313 e. The molecule has 114 valence electrons. The van der Waals surface area contributed by atoms with Crippen molar-refractivity contribution in [2.24, 2.45) is 0 Å². The van der Waals surface area contributed by atoms with Gasteiger partial charge in [0, 0.05) is 17.3 Å². The fourth-order valence-corrected chi connectivity index (χ4v) is 2.89. The highest BCUT2D eigenvalue weighted by molar-refractivity contribution is 5.31. The maximum Gasteiger partial charge on any atom is 0.123 e. The first-order valence-electron chi connectivity index (χ1n) is 7.44. The van der Waals surface area contributed by atoms with Gasteiger partial charge in [0.05, 0.1) is 12.2 Å². The van der Waals surface area contributed by atoms with Crippen molar-refractivity contribution in [3.8, 4) is 0 Å². The molecule has 0 spiro atoms. The first-order valence-corrected chi connectivity index (χ1v) is 7.44. The van der Waals surface area contributed by atoms with Gasteiger partial charge in [-0.1, -0.05) is 13.0 Å². The van der Waals surface area contributed by atoms with E-state index in [4.69, 9.17) is 0 Å². The van der Waals surface area contributed by atoms with Gasteiger partial charge in [-0.25, -0.2) is 4.39 Å². The van der Waals surface area contributed by atoms with Crippen molar-refractivity contribution in [3.63, 3.8) is 0 Å². The number of halogens is 1. The van der Waals surface area contributed by atoms with Crippen LogP contribution < -0.4 is 5.32 Å². The fraction of sp³-hybridized carbons (Fsp3) is 0.471. The molecule has 0 saturated carbocycles. The SMILES string of the molecule is CCC(NC)c1c(C)nn(Cc2cc(F)ccc2C)c1C. The predicted octanol–water partition coefficient (Wildman–Crippen LogP) is 3.67. The van der Waals surface area contributed by atoms with Crippen LogP contribution in [0.2, 0.25) is 0 Å². The third-order valence-corrected chi connectivity index (χ3v) is 4.17. The van der Waals surface area contributed by atoms with E-state index in [1.54, 1.807) is 6.07 Å². The zero-order valence-electron chi connectivity index (χ0n) is 13.5. The van der Waals surface area contributed by atoms with Gasteiger partial charge in [-0.15, -0.1) is 0 Å². The Morgan fingerprint density at radius 1 is 1.29 bits per heavy atom. The summed E-state index contributed by atoms with van der Waals surface area (Å²) in [5.41, 5.74) is 5.52. The maximum absolute atomic E-state index is 13.4. The van der Waals surface area contributed by atoms with Crippen LogP contribution in [0.5, 0.6) is 0 Å². The Morgan fingerprint density at radius 3 is 2.62 bits per heavy atom. The molecule has 2 aromatic rings. The van der Waals surface area contributed by atoms with Gasteiger partial charge in [0.25, 0.3) is 0 Å². The quantitative estimate of drug-likeness (QED) is 0.910. The molecule has 1 heterocycles. The van der Waals surface area contributed by atoms with Gasteiger partial charge >= 0.3 is 0 Å². The highest BCUT2D eigenvalue weighted by Gasteiger charge is 2.18. The van der Waals surface area contributed by atoms with Crippen LogP contribution in [-0.2, 0) is 6.54 Å². The minimum absolute atomic E-state index is 0.195. The zero-order chi connectivity index (χ0) is 15.6. The Hall–Kier alpha value is -1.68. The van der Waals surface area contributed by atoms with Gasteiger partial charge in [-0.05, 0) is 57.5 Å². The molecule has 1 atom stereocenters. The predicted molar refractivity (Wildman–Crippen MR) is 84.0 cm³/mol. The first kappa shape index (κ1) is 15.7. The third kappa shape index (κ3) is 3.16. The van der Waals surface area contributed by atoms with E-state index in [9.17, 15) is 4.39 Å². The van der Waals surface area contributed by atoms with E-state index in [1.807, 2.05) is 31.6 Å². The molecule has 21 heavy (non-hydrogen) atoms. The van der Waals surface area contributed by atoms with Gasteiger partial charge in [0.1, 0.15) is 5.82 Å². The molecule has 0 fully saturated rings. The molecule has 0 amide bonds. The molecule has 3 nitrogen and oxygen atoms in total. The van der Waals surface area contributed by atoms with Crippen LogP contribution in [0.15, 0.2) is 18.2 Å². The third-order valence-electron chi connectivity index (χ3n) is 4.17. The lowest BCUT2D eigenvalue weighted by Crippen LogP contribution is -2.17. The first-order chi connectivity index (χ1) is 9.97. The monoisotopic (exact) mass is 289 g/mol. The molecular weight excluding hydrogens is 265 g/mol. The van der Waals surface area contributed by atoms with Gasteiger partial charge in [0.2, 0.25) is 0 Å². The van der Waals surface area contributed by atoms with Crippen molar-refractivity contribution in [2.75, 3.05) is 7.05 Å². The van der Waals surface area contributed by atoms with E-state index in [0.717, 1.165) is 28.9 Å². The maximum atomic E-state index is 13.4. The average Bonchev–Trinajstić information content (AvgIpc) is 2.72. The van der Waals surface area contributed by atoms with Crippen LogP contribution in [0.1, 0.15) is 47.5 Å². The summed E-state index contributed by atoms with van der Waals surface area (Å²) in [7, 11) is 1.97. The fourth-order valence-electron chi connectivity index (χ4n) is 2.89. The number of rotatable bonds is 5. The van der Waals surface area contributed by atoms with E-state index >= 15 is 0 Å². The summed E-state index contributed by atoms with van der Waals surface area (Å²) >= 11 is 0. The van der Waals surface area contributed by atoms with E-state index in [1.165, 1.54) is 11.6 Å². The summed E-state index contributed by atoms with van der Waals surface area (Å²) in [5.74, 6) is -0.195. The number of aromatic nitrogens is 2. The van der Waals surface area contributed by atoms with Crippen molar-refractivity contribution in [1.82, 2.24) is 15.1 Å². The van der Waals surface area contributed by atoms with Crippen LogP contribution in [0.3, 0.4) is 0 Å². The Balaban J connectivity index is 2.38. The summed E-state index contributed by atoms with van der Waals surface area (Å²) < 4.78 is 15.4. The van der Waals surface area contributed by atoms with Crippen molar-refractivity contribution >= 4 is 0 Å². The number of aryl methyl sites for hydroxylation is 2. The molecular formula is C17H24FN3. The second-order valence-electron chi connectivity index (χ2n) is 5.56. The molecule has 1 aromatic carbocycles. The van der Waals surface area contributed by atoms with E-state index in [2.05, 4.69) is 24.3 Å². The standard InChI is InChI=1S/C17H24FN3/c1-6-16(19-5)17-12(3)20-21(13(17)4)10-14-9-15(18)8-7-11(14)2/h7-9,16,19H,6,10H2,1-5H3. The lowest BCUT2D eigenvalue weighted by molar-refractivity contribution is 0.568. The Morgan fingerprint density at radius 2 is 2.00 bits per heavy atom. The molecule has 0 aliphatic carbocycles. The minimum atomic E-state index is -0.195. The highest BCUT2D eigenvalue weighted by Crippen LogP contribution is 2.24. The summed E-state index contributed by atoms with van der Waals surface area (Å²) in [6.45, 7) is 8.90. The molecule has 0 saturated heterocycles. The molecule has 1 unspecified atom stereocenters. The number of nitrogens with zero attached hydrogens (tertiary/aromatic N) is 2. The molecule has 0 aliphatic heterocycles. The van der Waals surface area contributed by atoms with Gasteiger partial charge in [0.15, 0.2) is 0 Å². The van der Waals surface area contributed by atoms with E-state index in [-0.39, 0.29) is 5.82 Å². The number of hydrogen-bond donors (Lipinski definition) is 1. The summed E-state index contributed by atoms with van der Waals surface area (Å²) in [5, 5.41) is 7.98. The summed E-state index contributed by atoms with van der Waals surface area (Å²) in [4.78, 5) is 0. The largest absolute Gasteiger partial charge is 0.313 e. The molecule has 0 aliphatic rings. The normalized spacial score (nSPS) is 12.7. The Bertz CT molecular complexity index is 627. The Labute approximate surface area is 126 Å². The van der Waals surface area contributed by atoms with Crippen molar-refractivity contribution in [2.45, 2.75) is 46.7 Å². The Kier molecular flexibility index (Phi) is 4.78. The molecule has 2 rings (SSSR count). The van der Waals surface area contributed by atoms with Crippen molar-refractivity contribution < 1.29 is 4.39 Å². The van der Waals surface area contributed by atoms with Crippen LogP contribution >= 0.6 is 0 Å². The summed E-state index contributed by atoms with van der Waals surface area (Å²) in [6.07, 6.45) is 1.02. The van der Waals surface area contributed by atoms with Crippen molar-refractivity contribution in [3.05, 3.63) is 52.1 Å². The van der Waals surface area contributed by atoms with Gasteiger partial charge in [-0.3, -0.25) is 4.68 Å². The smallest absolute Gasteiger partial charge is 0.123 e. The number of hydrogen-bond acceptors (Lipinski definition) is 2. The van der Waals surface area contributed by atoms with Crippen LogP contribution in [0, 0.1) is 26.6 Å². The average molecular weight is 289 g/mol. The molecule has 1 N–H and O–H groups in total. The van der Waals surface area contributed by atoms with E-state index in [0.29, 0.717) is 12.6 Å². The molecule has 4 heteroatoms. The van der Waals surface area contributed by atoms with Crippen LogP contribution in [0.25, 0.3) is 0 Å². The highest BCUT2D eigenvalue weighted by atomic mass is 19.1.